The van der Waals surface area contributed by atoms with Crippen LogP contribution in [0.3, 0.4) is 0 Å². The van der Waals surface area contributed by atoms with Crippen molar-refractivity contribution >= 4 is 16.9 Å². The first-order chi connectivity index (χ1) is 14.6. The Kier molecular flexibility index (Phi) is 5.84. The van der Waals surface area contributed by atoms with Crippen LogP contribution in [-0.4, -0.2) is 15.6 Å². The molecule has 0 saturated heterocycles. The molecule has 0 aliphatic heterocycles. The smallest absolute Gasteiger partial charge is 0.303 e. The summed E-state index contributed by atoms with van der Waals surface area (Å²) in [6.45, 7) is 3.24. The number of fused-ring (bicyclic) bond motifs is 1. The average Bonchev–Trinajstić information content (AvgIpc) is 3.16. The SMILES string of the molecule is CC(CC(=O)O)c1ccc(OCc2cccc3c2ccn3Cc2ccccc2)cc1. The van der Waals surface area contributed by atoms with E-state index in [0.717, 1.165) is 23.4 Å². The van der Waals surface area contributed by atoms with Crippen LogP contribution in [0.1, 0.15) is 36.0 Å². The molecule has 0 saturated carbocycles. The number of hydrogen-bond acceptors (Lipinski definition) is 2. The van der Waals surface area contributed by atoms with Gasteiger partial charge in [0.15, 0.2) is 0 Å². The Bertz CT molecular complexity index is 1130. The fourth-order valence-electron chi connectivity index (χ4n) is 3.76. The van der Waals surface area contributed by atoms with E-state index in [1.165, 1.54) is 16.5 Å². The second kappa shape index (κ2) is 8.87. The van der Waals surface area contributed by atoms with Gasteiger partial charge in [-0.3, -0.25) is 4.79 Å². The van der Waals surface area contributed by atoms with Crippen molar-refractivity contribution in [2.45, 2.75) is 32.4 Å². The maximum Gasteiger partial charge on any atom is 0.303 e. The lowest BCUT2D eigenvalue weighted by Gasteiger charge is -2.12. The minimum atomic E-state index is -0.782. The summed E-state index contributed by atoms with van der Waals surface area (Å²) in [5.74, 6) is -0.0215. The van der Waals surface area contributed by atoms with Crippen molar-refractivity contribution in [3.05, 3.63) is 102 Å². The number of carbonyl (C=O) groups is 1. The van der Waals surface area contributed by atoms with Crippen molar-refractivity contribution in [1.29, 1.82) is 0 Å². The molecule has 1 N–H and O–H groups in total. The van der Waals surface area contributed by atoms with Gasteiger partial charge in [-0.05, 0) is 46.9 Å². The number of aromatic nitrogens is 1. The van der Waals surface area contributed by atoms with Gasteiger partial charge < -0.3 is 14.4 Å². The van der Waals surface area contributed by atoms with Crippen LogP contribution in [0.25, 0.3) is 10.9 Å². The van der Waals surface area contributed by atoms with Gasteiger partial charge in [-0.1, -0.05) is 61.5 Å². The minimum Gasteiger partial charge on any atom is -0.489 e. The Balaban J connectivity index is 1.46. The molecule has 1 heterocycles. The predicted octanol–water partition coefficient (Wildman–Crippen LogP) is 5.85. The molecular formula is C26H25NO3. The van der Waals surface area contributed by atoms with E-state index in [4.69, 9.17) is 9.84 Å². The van der Waals surface area contributed by atoms with Gasteiger partial charge in [0.25, 0.3) is 0 Å². The monoisotopic (exact) mass is 399 g/mol. The molecule has 0 amide bonds. The van der Waals surface area contributed by atoms with Crippen molar-refractivity contribution in [3.63, 3.8) is 0 Å². The second-order valence-corrected chi connectivity index (χ2v) is 7.64. The van der Waals surface area contributed by atoms with E-state index in [1.54, 1.807) is 0 Å². The van der Waals surface area contributed by atoms with E-state index >= 15 is 0 Å². The Hall–Kier alpha value is -3.53. The zero-order chi connectivity index (χ0) is 20.9. The molecule has 1 atom stereocenters. The van der Waals surface area contributed by atoms with Crippen LogP contribution in [0.4, 0.5) is 0 Å². The minimum absolute atomic E-state index is 0.0188. The average molecular weight is 399 g/mol. The Labute approximate surface area is 176 Å². The van der Waals surface area contributed by atoms with Gasteiger partial charge in [0, 0.05) is 23.6 Å². The van der Waals surface area contributed by atoms with Gasteiger partial charge in [0.2, 0.25) is 0 Å². The molecule has 4 heteroatoms. The molecule has 0 radical (unpaired) electrons. The van der Waals surface area contributed by atoms with Crippen LogP contribution in [0.15, 0.2) is 85.1 Å². The highest BCUT2D eigenvalue weighted by Crippen LogP contribution is 2.25. The Morgan fingerprint density at radius 1 is 0.967 bits per heavy atom. The quantitative estimate of drug-likeness (QED) is 0.404. The van der Waals surface area contributed by atoms with Crippen molar-refractivity contribution in [3.8, 4) is 5.75 Å². The lowest BCUT2D eigenvalue weighted by molar-refractivity contribution is -0.137. The van der Waals surface area contributed by atoms with E-state index in [-0.39, 0.29) is 12.3 Å². The number of carboxylic acid groups (broad SMARTS) is 1. The molecule has 0 aliphatic carbocycles. The number of aliphatic carboxylic acids is 1. The van der Waals surface area contributed by atoms with Gasteiger partial charge in [0.05, 0.1) is 6.42 Å². The zero-order valence-corrected chi connectivity index (χ0v) is 17.0. The van der Waals surface area contributed by atoms with Gasteiger partial charge in [-0.15, -0.1) is 0 Å². The molecule has 0 fully saturated rings. The number of hydrogen-bond donors (Lipinski definition) is 1. The third-order valence-corrected chi connectivity index (χ3v) is 5.42. The summed E-state index contributed by atoms with van der Waals surface area (Å²) in [4.78, 5) is 10.9. The molecule has 30 heavy (non-hydrogen) atoms. The molecule has 3 aromatic carbocycles. The molecule has 0 spiro atoms. The van der Waals surface area contributed by atoms with E-state index in [2.05, 4.69) is 59.3 Å². The number of nitrogens with zero attached hydrogens (tertiary/aromatic N) is 1. The fraction of sp³-hybridized carbons (Fsp3) is 0.192. The Morgan fingerprint density at radius 3 is 2.47 bits per heavy atom. The second-order valence-electron chi connectivity index (χ2n) is 7.64. The summed E-state index contributed by atoms with van der Waals surface area (Å²) in [5, 5.41) is 10.1. The third kappa shape index (κ3) is 4.54. The van der Waals surface area contributed by atoms with Crippen molar-refractivity contribution in [2.24, 2.45) is 0 Å². The number of rotatable bonds is 8. The van der Waals surface area contributed by atoms with Crippen molar-refractivity contribution in [2.75, 3.05) is 0 Å². The van der Waals surface area contributed by atoms with Crippen molar-refractivity contribution < 1.29 is 14.6 Å². The summed E-state index contributed by atoms with van der Waals surface area (Å²) in [5.41, 5.74) is 4.61. The third-order valence-electron chi connectivity index (χ3n) is 5.42. The molecule has 0 aliphatic rings. The van der Waals surface area contributed by atoms with Gasteiger partial charge in [-0.2, -0.15) is 0 Å². The molecule has 4 nitrogen and oxygen atoms in total. The highest BCUT2D eigenvalue weighted by molar-refractivity contribution is 5.83. The standard InChI is InChI=1S/C26H25NO3/c1-19(16-26(28)29)21-10-12-23(13-11-21)30-18-22-8-5-9-25-24(22)14-15-27(25)17-20-6-3-2-4-7-20/h2-15,19H,16-18H2,1H3,(H,28,29). The lowest BCUT2D eigenvalue weighted by Crippen LogP contribution is -2.03. The Morgan fingerprint density at radius 2 is 1.73 bits per heavy atom. The summed E-state index contributed by atoms with van der Waals surface area (Å²) in [6, 6.07) is 26.6. The molecule has 1 aromatic heterocycles. The first-order valence-corrected chi connectivity index (χ1v) is 10.2. The summed E-state index contributed by atoms with van der Waals surface area (Å²) < 4.78 is 8.27. The first kappa shape index (κ1) is 19.8. The van der Waals surface area contributed by atoms with Gasteiger partial charge >= 0.3 is 5.97 Å². The molecule has 4 aromatic rings. The molecule has 0 bridgehead atoms. The predicted molar refractivity (Wildman–Crippen MR) is 119 cm³/mol. The van der Waals surface area contributed by atoms with E-state index in [9.17, 15) is 4.79 Å². The zero-order valence-electron chi connectivity index (χ0n) is 17.0. The van der Waals surface area contributed by atoms with Crippen LogP contribution in [0.5, 0.6) is 5.75 Å². The highest BCUT2D eigenvalue weighted by atomic mass is 16.5. The first-order valence-electron chi connectivity index (χ1n) is 10.2. The van der Waals surface area contributed by atoms with Gasteiger partial charge in [0.1, 0.15) is 12.4 Å². The molecule has 152 valence electrons. The van der Waals surface area contributed by atoms with Crippen molar-refractivity contribution in [1.82, 2.24) is 4.57 Å². The maximum atomic E-state index is 10.9. The normalized spacial score (nSPS) is 12.0. The number of benzene rings is 3. The molecular weight excluding hydrogens is 374 g/mol. The van der Waals surface area contributed by atoms with E-state index < -0.39 is 5.97 Å². The van der Waals surface area contributed by atoms with Crippen LogP contribution in [0.2, 0.25) is 0 Å². The van der Waals surface area contributed by atoms with E-state index in [0.29, 0.717) is 6.61 Å². The molecule has 1 unspecified atom stereocenters. The molecule has 4 rings (SSSR count). The van der Waals surface area contributed by atoms with Crippen LogP contribution < -0.4 is 4.74 Å². The van der Waals surface area contributed by atoms with Crippen LogP contribution in [-0.2, 0) is 17.9 Å². The van der Waals surface area contributed by atoms with Gasteiger partial charge in [-0.25, -0.2) is 0 Å². The number of ether oxygens (including phenoxy) is 1. The highest BCUT2D eigenvalue weighted by Gasteiger charge is 2.11. The fourth-order valence-corrected chi connectivity index (χ4v) is 3.76. The summed E-state index contributed by atoms with van der Waals surface area (Å²) in [7, 11) is 0. The number of carboxylic acids is 1. The van der Waals surface area contributed by atoms with E-state index in [1.807, 2.05) is 37.3 Å². The lowest BCUT2D eigenvalue weighted by atomic mass is 9.98. The largest absolute Gasteiger partial charge is 0.489 e. The van der Waals surface area contributed by atoms with Crippen LogP contribution in [0, 0.1) is 0 Å². The topological polar surface area (TPSA) is 51.5 Å². The van der Waals surface area contributed by atoms with Crippen LogP contribution >= 0.6 is 0 Å². The summed E-state index contributed by atoms with van der Waals surface area (Å²) >= 11 is 0. The summed E-state index contributed by atoms with van der Waals surface area (Å²) in [6.07, 6.45) is 2.25. The maximum absolute atomic E-state index is 10.9.